The van der Waals surface area contributed by atoms with Crippen molar-refractivity contribution in [3.63, 3.8) is 0 Å². The number of piperidine rings is 1. The van der Waals surface area contributed by atoms with Crippen LogP contribution in [0.2, 0.25) is 10.0 Å². The average Bonchev–Trinajstić information content (AvgIpc) is 3.08. The van der Waals surface area contributed by atoms with Gasteiger partial charge in [0, 0.05) is 34.7 Å². The number of carbonyl (C=O) groups excluding carboxylic acids is 1. The van der Waals surface area contributed by atoms with Crippen LogP contribution in [0.25, 0.3) is 0 Å². The lowest BCUT2D eigenvalue weighted by Crippen LogP contribution is -2.42. The van der Waals surface area contributed by atoms with Crippen molar-refractivity contribution >= 4 is 34.8 Å². The van der Waals surface area contributed by atoms with Gasteiger partial charge in [0.05, 0.1) is 0 Å². The second-order valence-corrected chi connectivity index (χ2v) is 8.00. The van der Waals surface area contributed by atoms with Gasteiger partial charge in [0.1, 0.15) is 0 Å². The molecule has 0 radical (unpaired) electrons. The van der Waals surface area contributed by atoms with Crippen LogP contribution in [0.15, 0.2) is 42.5 Å². The molecule has 26 heavy (non-hydrogen) atoms. The Morgan fingerprint density at radius 1 is 1.04 bits per heavy atom. The quantitative estimate of drug-likeness (QED) is 0.753. The van der Waals surface area contributed by atoms with Crippen molar-refractivity contribution in [3.8, 4) is 0 Å². The molecule has 1 fully saturated rings. The molecule has 0 unspecified atom stereocenters. The maximum Gasteiger partial charge on any atom is 0.230 e. The van der Waals surface area contributed by atoms with E-state index in [1.165, 1.54) is 5.56 Å². The molecule has 2 aromatic carbocycles. The Hall–Kier alpha value is -1.55. The minimum atomic E-state index is 0.123. The number of amides is 1. The van der Waals surface area contributed by atoms with Gasteiger partial charge in [-0.3, -0.25) is 9.69 Å². The highest BCUT2D eigenvalue weighted by Crippen LogP contribution is 2.31. The highest BCUT2D eigenvalue weighted by molar-refractivity contribution is 6.35. The molecule has 2 heterocycles. The van der Waals surface area contributed by atoms with Crippen molar-refractivity contribution in [3.05, 3.63) is 63.6 Å². The maximum atomic E-state index is 13.0. The van der Waals surface area contributed by atoms with Crippen LogP contribution >= 0.6 is 23.2 Å². The number of fused-ring (bicyclic) bond motifs is 1. The van der Waals surface area contributed by atoms with Gasteiger partial charge >= 0.3 is 0 Å². The van der Waals surface area contributed by atoms with Crippen molar-refractivity contribution in [1.29, 1.82) is 0 Å². The predicted octanol–water partition coefficient (Wildman–Crippen LogP) is 4.79. The molecule has 0 aromatic heterocycles. The molecular weight excluding hydrogens is 367 g/mol. The Kier molecular flexibility index (Phi) is 5.21. The molecule has 2 aliphatic heterocycles. The van der Waals surface area contributed by atoms with E-state index < -0.39 is 0 Å². The third-order valence-electron chi connectivity index (χ3n) is 5.50. The summed E-state index contributed by atoms with van der Waals surface area (Å²) in [4.78, 5) is 17.4. The maximum absolute atomic E-state index is 13.0. The molecule has 0 N–H and O–H groups in total. The molecule has 2 aromatic rings. The lowest BCUT2D eigenvalue weighted by atomic mass is 9.95. The van der Waals surface area contributed by atoms with E-state index in [9.17, 15) is 4.79 Å². The van der Waals surface area contributed by atoms with Crippen LogP contribution < -0.4 is 4.90 Å². The Morgan fingerprint density at radius 3 is 2.58 bits per heavy atom. The van der Waals surface area contributed by atoms with Gasteiger partial charge in [-0.1, -0.05) is 47.5 Å². The zero-order chi connectivity index (χ0) is 18.1. The summed E-state index contributed by atoms with van der Waals surface area (Å²) in [6, 6.07) is 13.9. The van der Waals surface area contributed by atoms with Crippen molar-refractivity contribution < 1.29 is 4.79 Å². The van der Waals surface area contributed by atoms with E-state index in [1.54, 1.807) is 6.07 Å². The molecule has 0 saturated carbocycles. The summed E-state index contributed by atoms with van der Waals surface area (Å²) in [5.41, 5.74) is 3.48. The van der Waals surface area contributed by atoms with E-state index in [1.807, 2.05) is 29.2 Å². The predicted molar refractivity (Wildman–Crippen MR) is 107 cm³/mol. The van der Waals surface area contributed by atoms with Crippen LogP contribution in [0.4, 0.5) is 5.69 Å². The van der Waals surface area contributed by atoms with Crippen LogP contribution in [0.1, 0.15) is 24.0 Å². The number of likely N-dealkylation sites (tertiary alicyclic amines) is 1. The number of hydrogen-bond donors (Lipinski definition) is 0. The zero-order valence-electron chi connectivity index (χ0n) is 14.6. The summed E-state index contributed by atoms with van der Waals surface area (Å²) >= 11 is 12.3. The van der Waals surface area contributed by atoms with Gasteiger partial charge < -0.3 is 4.90 Å². The van der Waals surface area contributed by atoms with Gasteiger partial charge in [-0.15, -0.1) is 0 Å². The standard InChI is InChI=1S/C21H22Cl2N2O/c22-18-6-5-17(19(23)13-18)14-24-10-7-16(8-11-24)21(26)25-12-9-15-3-1-2-4-20(15)25/h1-6,13,16H,7-12,14H2. The molecule has 3 nitrogen and oxygen atoms in total. The fourth-order valence-corrected chi connectivity index (χ4v) is 4.48. The first-order valence-corrected chi connectivity index (χ1v) is 9.93. The molecule has 1 amide bonds. The molecule has 0 aliphatic carbocycles. The van der Waals surface area contributed by atoms with E-state index in [-0.39, 0.29) is 5.92 Å². The second-order valence-electron chi connectivity index (χ2n) is 7.15. The van der Waals surface area contributed by atoms with Gasteiger partial charge in [-0.2, -0.15) is 0 Å². The molecule has 4 rings (SSSR count). The van der Waals surface area contributed by atoms with E-state index >= 15 is 0 Å². The number of hydrogen-bond acceptors (Lipinski definition) is 2. The average molecular weight is 389 g/mol. The Balaban J connectivity index is 1.36. The second kappa shape index (κ2) is 7.59. The smallest absolute Gasteiger partial charge is 0.230 e. The number of carbonyl (C=O) groups is 1. The third kappa shape index (κ3) is 3.62. The van der Waals surface area contributed by atoms with Gasteiger partial charge in [-0.05, 0) is 61.7 Å². The number of benzene rings is 2. The zero-order valence-corrected chi connectivity index (χ0v) is 16.1. The lowest BCUT2D eigenvalue weighted by molar-refractivity contribution is -0.123. The molecular formula is C21H22Cl2N2O. The Bertz CT molecular complexity index is 815. The molecule has 2 aliphatic rings. The summed E-state index contributed by atoms with van der Waals surface area (Å²) in [5, 5.41) is 1.37. The van der Waals surface area contributed by atoms with E-state index in [0.29, 0.717) is 16.0 Å². The van der Waals surface area contributed by atoms with Gasteiger partial charge in [-0.25, -0.2) is 0 Å². The minimum absolute atomic E-state index is 0.123. The van der Waals surface area contributed by atoms with E-state index in [2.05, 4.69) is 17.0 Å². The molecule has 0 bridgehead atoms. The summed E-state index contributed by atoms with van der Waals surface area (Å²) in [5.74, 6) is 0.414. The highest BCUT2D eigenvalue weighted by Gasteiger charge is 2.32. The normalized spacial score (nSPS) is 18.2. The summed E-state index contributed by atoms with van der Waals surface area (Å²) in [6.45, 7) is 3.47. The van der Waals surface area contributed by atoms with Gasteiger partial charge in [0.15, 0.2) is 0 Å². The first-order chi connectivity index (χ1) is 12.6. The summed E-state index contributed by atoms with van der Waals surface area (Å²) in [6.07, 6.45) is 2.78. The van der Waals surface area contributed by atoms with Crippen LogP contribution in [0.5, 0.6) is 0 Å². The van der Waals surface area contributed by atoms with Crippen molar-refractivity contribution in [2.24, 2.45) is 5.92 Å². The Morgan fingerprint density at radius 2 is 1.81 bits per heavy atom. The van der Waals surface area contributed by atoms with E-state index in [4.69, 9.17) is 23.2 Å². The first-order valence-electron chi connectivity index (χ1n) is 9.17. The minimum Gasteiger partial charge on any atom is -0.312 e. The summed E-state index contributed by atoms with van der Waals surface area (Å²) in [7, 11) is 0. The van der Waals surface area contributed by atoms with Crippen LogP contribution in [-0.4, -0.2) is 30.4 Å². The molecule has 0 spiro atoms. The monoisotopic (exact) mass is 388 g/mol. The van der Waals surface area contributed by atoms with Gasteiger partial charge in [0.2, 0.25) is 5.91 Å². The van der Waals surface area contributed by atoms with Crippen molar-refractivity contribution in [2.45, 2.75) is 25.8 Å². The largest absolute Gasteiger partial charge is 0.312 e. The van der Waals surface area contributed by atoms with E-state index in [0.717, 1.165) is 56.7 Å². The molecule has 5 heteroatoms. The molecule has 1 saturated heterocycles. The third-order valence-corrected chi connectivity index (χ3v) is 6.09. The topological polar surface area (TPSA) is 23.6 Å². The molecule has 136 valence electrons. The Labute approximate surface area is 164 Å². The van der Waals surface area contributed by atoms with Crippen molar-refractivity contribution in [2.75, 3.05) is 24.5 Å². The number of rotatable bonds is 3. The number of nitrogens with zero attached hydrogens (tertiary/aromatic N) is 2. The van der Waals surface area contributed by atoms with Gasteiger partial charge in [0.25, 0.3) is 0 Å². The van der Waals surface area contributed by atoms with Crippen molar-refractivity contribution in [1.82, 2.24) is 4.90 Å². The number of para-hydroxylation sites is 1. The highest BCUT2D eigenvalue weighted by atomic mass is 35.5. The van der Waals surface area contributed by atoms with Crippen LogP contribution in [0, 0.1) is 5.92 Å². The number of halogens is 2. The fraction of sp³-hybridized carbons (Fsp3) is 0.381. The SMILES string of the molecule is O=C(C1CCN(Cc2ccc(Cl)cc2Cl)CC1)N1CCc2ccccc21. The molecule has 0 atom stereocenters. The summed E-state index contributed by atoms with van der Waals surface area (Å²) < 4.78 is 0. The lowest BCUT2D eigenvalue weighted by Gasteiger charge is -2.33. The number of anilines is 1. The van der Waals surface area contributed by atoms with Crippen LogP contribution in [-0.2, 0) is 17.8 Å². The van der Waals surface area contributed by atoms with Crippen LogP contribution in [0.3, 0.4) is 0 Å². The fourth-order valence-electron chi connectivity index (χ4n) is 4.02. The first kappa shape index (κ1) is 17.8.